The first kappa shape index (κ1) is 21.1. The van der Waals surface area contributed by atoms with Gasteiger partial charge in [-0.05, 0) is 24.3 Å². The number of rotatable bonds is 6. The first-order chi connectivity index (χ1) is 15.5. The number of aromatic amines is 2. The highest BCUT2D eigenvalue weighted by Crippen LogP contribution is 2.23. The minimum Gasteiger partial charge on any atom is -0.495 e. The maximum absolute atomic E-state index is 12.6. The van der Waals surface area contributed by atoms with Crippen molar-refractivity contribution >= 4 is 34.4 Å². The van der Waals surface area contributed by atoms with Crippen molar-refractivity contribution in [3.63, 3.8) is 0 Å². The standard InChI is InChI=1S/C21H17N5O5S/c1-31-15-9-5-4-8-14(15)26-16(10-17(27)24-21(26)30)23-18(28)11-32-20-22-13-7-3-2-6-12(13)19(29)25-20/h2-10H,11H2,1H3,(H,23,28)(H,22,25,29)(H,24,27,30). The number of ether oxygens (including phenoxy) is 1. The lowest BCUT2D eigenvalue weighted by molar-refractivity contribution is -0.113. The van der Waals surface area contributed by atoms with Crippen molar-refractivity contribution in [2.24, 2.45) is 0 Å². The Bertz CT molecular complexity index is 1490. The van der Waals surface area contributed by atoms with E-state index < -0.39 is 17.2 Å². The molecule has 11 heteroatoms. The van der Waals surface area contributed by atoms with Crippen LogP contribution in [0.15, 0.2) is 74.1 Å². The van der Waals surface area contributed by atoms with Gasteiger partial charge in [0, 0.05) is 6.07 Å². The van der Waals surface area contributed by atoms with E-state index in [0.29, 0.717) is 22.3 Å². The Morgan fingerprint density at radius 3 is 2.66 bits per heavy atom. The SMILES string of the molecule is COc1ccccc1-n1c(NC(=O)CSc2nc3ccccc3c(=O)[nH]2)cc(=O)[nH]c1=O. The van der Waals surface area contributed by atoms with Crippen LogP contribution in [0.1, 0.15) is 0 Å². The summed E-state index contributed by atoms with van der Waals surface area (Å²) < 4.78 is 6.42. The lowest BCUT2D eigenvalue weighted by atomic mass is 10.2. The number of hydrogen-bond acceptors (Lipinski definition) is 7. The Balaban J connectivity index is 1.59. The number of nitrogens with zero attached hydrogens (tertiary/aromatic N) is 2. The van der Waals surface area contributed by atoms with Crippen LogP contribution in [-0.2, 0) is 4.79 Å². The van der Waals surface area contributed by atoms with E-state index in [0.717, 1.165) is 22.4 Å². The zero-order valence-corrected chi connectivity index (χ0v) is 17.6. The molecule has 162 valence electrons. The molecule has 0 saturated carbocycles. The van der Waals surface area contributed by atoms with E-state index in [1.165, 1.54) is 7.11 Å². The lowest BCUT2D eigenvalue weighted by Gasteiger charge is -2.15. The highest BCUT2D eigenvalue weighted by Gasteiger charge is 2.15. The van der Waals surface area contributed by atoms with Crippen molar-refractivity contribution in [1.29, 1.82) is 0 Å². The Morgan fingerprint density at radius 1 is 1.09 bits per heavy atom. The van der Waals surface area contributed by atoms with Gasteiger partial charge in [-0.1, -0.05) is 36.0 Å². The molecule has 0 aliphatic carbocycles. The van der Waals surface area contributed by atoms with Gasteiger partial charge in [0.15, 0.2) is 5.16 Å². The number of amides is 1. The summed E-state index contributed by atoms with van der Waals surface area (Å²) in [5.41, 5.74) is -0.841. The fourth-order valence-corrected chi connectivity index (χ4v) is 3.76. The van der Waals surface area contributed by atoms with Gasteiger partial charge in [-0.25, -0.2) is 14.3 Å². The molecule has 4 rings (SSSR count). The first-order valence-electron chi connectivity index (χ1n) is 9.38. The van der Waals surface area contributed by atoms with Gasteiger partial charge in [0.05, 0.1) is 29.5 Å². The maximum Gasteiger partial charge on any atom is 0.334 e. The third kappa shape index (κ3) is 4.32. The minimum atomic E-state index is -0.731. The highest BCUT2D eigenvalue weighted by molar-refractivity contribution is 7.99. The second-order valence-corrected chi connectivity index (χ2v) is 7.52. The fourth-order valence-electron chi connectivity index (χ4n) is 3.09. The molecule has 1 amide bonds. The van der Waals surface area contributed by atoms with E-state index in [9.17, 15) is 19.2 Å². The molecule has 2 aromatic carbocycles. The summed E-state index contributed by atoms with van der Waals surface area (Å²) in [6.45, 7) is 0. The number of anilines is 1. The summed E-state index contributed by atoms with van der Waals surface area (Å²) in [6.07, 6.45) is 0. The molecule has 10 nitrogen and oxygen atoms in total. The molecule has 0 radical (unpaired) electrons. The summed E-state index contributed by atoms with van der Waals surface area (Å²) in [5, 5.41) is 3.30. The van der Waals surface area contributed by atoms with Crippen molar-refractivity contribution in [2.45, 2.75) is 5.16 Å². The number of hydrogen-bond donors (Lipinski definition) is 3. The first-order valence-corrected chi connectivity index (χ1v) is 10.4. The van der Waals surface area contributed by atoms with Crippen LogP contribution in [0.4, 0.5) is 5.82 Å². The number of H-pyrrole nitrogens is 2. The zero-order chi connectivity index (χ0) is 22.7. The molecule has 2 aromatic heterocycles. The van der Waals surface area contributed by atoms with Crippen molar-refractivity contribution in [3.8, 4) is 11.4 Å². The molecule has 0 unspecified atom stereocenters. The van der Waals surface area contributed by atoms with Crippen LogP contribution in [0, 0.1) is 0 Å². The molecule has 4 aromatic rings. The third-order valence-electron chi connectivity index (χ3n) is 4.47. The molecule has 0 spiro atoms. The number of methoxy groups -OCH3 is 1. The minimum absolute atomic E-state index is 0.0196. The summed E-state index contributed by atoms with van der Waals surface area (Å²) in [4.78, 5) is 58.3. The average molecular weight is 451 g/mol. The highest BCUT2D eigenvalue weighted by atomic mass is 32.2. The van der Waals surface area contributed by atoms with Crippen molar-refractivity contribution < 1.29 is 9.53 Å². The zero-order valence-electron chi connectivity index (χ0n) is 16.7. The van der Waals surface area contributed by atoms with Gasteiger partial charge in [-0.3, -0.25) is 19.4 Å². The number of benzene rings is 2. The molecule has 3 N–H and O–H groups in total. The van der Waals surface area contributed by atoms with Crippen LogP contribution in [0.25, 0.3) is 16.6 Å². The van der Waals surface area contributed by atoms with Crippen LogP contribution in [0.3, 0.4) is 0 Å². The molecule has 0 atom stereocenters. The van der Waals surface area contributed by atoms with Gasteiger partial charge in [0.2, 0.25) is 5.91 Å². The van der Waals surface area contributed by atoms with Gasteiger partial charge in [0.1, 0.15) is 11.6 Å². The van der Waals surface area contributed by atoms with Crippen LogP contribution < -0.4 is 26.9 Å². The van der Waals surface area contributed by atoms with Gasteiger partial charge in [-0.2, -0.15) is 0 Å². The summed E-state index contributed by atoms with van der Waals surface area (Å²) in [5.74, 6) is -0.258. The Kier molecular flexibility index (Phi) is 5.90. The van der Waals surface area contributed by atoms with Crippen LogP contribution in [0.2, 0.25) is 0 Å². The monoisotopic (exact) mass is 451 g/mol. The van der Waals surface area contributed by atoms with Crippen molar-refractivity contribution in [1.82, 2.24) is 19.5 Å². The van der Waals surface area contributed by atoms with Gasteiger partial charge < -0.3 is 15.0 Å². The number of thioether (sulfide) groups is 1. The summed E-state index contributed by atoms with van der Waals surface area (Å²) in [7, 11) is 1.45. The lowest BCUT2D eigenvalue weighted by Crippen LogP contribution is -2.32. The molecule has 0 saturated heterocycles. The number of carbonyl (C=O) groups excluding carboxylic acids is 1. The van der Waals surface area contributed by atoms with Crippen LogP contribution in [0.5, 0.6) is 5.75 Å². The van der Waals surface area contributed by atoms with Gasteiger partial charge in [-0.15, -0.1) is 0 Å². The number of fused-ring (bicyclic) bond motifs is 1. The van der Waals surface area contributed by atoms with Gasteiger partial charge >= 0.3 is 5.69 Å². The van der Waals surface area contributed by atoms with Crippen molar-refractivity contribution in [2.75, 3.05) is 18.2 Å². The van der Waals surface area contributed by atoms with Crippen molar-refractivity contribution in [3.05, 3.63) is 85.8 Å². The van der Waals surface area contributed by atoms with E-state index in [1.54, 1.807) is 48.5 Å². The topological polar surface area (TPSA) is 139 Å². The van der Waals surface area contributed by atoms with E-state index in [4.69, 9.17) is 4.74 Å². The number of aromatic nitrogens is 4. The molecule has 0 aliphatic heterocycles. The normalized spacial score (nSPS) is 10.8. The second-order valence-electron chi connectivity index (χ2n) is 6.56. The summed E-state index contributed by atoms with van der Waals surface area (Å²) in [6, 6.07) is 14.7. The largest absolute Gasteiger partial charge is 0.495 e. The van der Waals surface area contributed by atoms with E-state index >= 15 is 0 Å². The van der Waals surface area contributed by atoms with Crippen LogP contribution in [-0.4, -0.2) is 38.3 Å². The Labute approximate surface area is 184 Å². The predicted molar refractivity (Wildman–Crippen MR) is 121 cm³/mol. The number of nitrogens with one attached hydrogen (secondary N) is 3. The number of carbonyl (C=O) groups is 1. The predicted octanol–water partition coefficient (Wildman–Crippen LogP) is 1.50. The van der Waals surface area contributed by atoms with E-state index in [-0.39, 0.29) is 22.3 Å². The molecule has 32 heavy (non-hydrogen) atoms. The fraction of sp³-hybridized carbons (Fsp3) is 0.0952. The maximum atomic E-state index is 12.6. The molecule has 0 bridgehead atoms. The average Bonchev–Trinajstić information content (AvgIpc) is 2.77. The molecule has 0 fully saturated rings. The molecular formula is C21H17N5O5S. The summed E-state index contributed by atoms with van der Waals surface area (Å²) >= 11 is 1.02. The Hall–Kier alpha value is -4.12. The smallest absolute Gasteiger partial charge is 0.334 e. The third-order valence-corrected chi connectivity index (χ3v) is 5.34. The number of para-hydroxylation sites is 3. The second kappa shape index (κ2) is 8.94. The van der Waals surface area contributed by atoms with Gasteiger partial charge in [0.25, 0.3) is 11.1 Å². The van der Waals surface area contributed by atoms with E-state index in [2.05, 4.69) is 20.3 Å². The van der Waals surface area contributed by atoms with E-state index in [1.807, 2.05) is 0 Å². The molecule has 2 heterocycles. The molecular weight excluding hydrogens is 434 g/mol. The van der Waals surface area contributed by atoms with Crippen LogP contribution >= 0.6 is 11.8 Å². The molecule has 0 aliphatic rings. The Morgan fingerprint density at radius 2 is 1.84 bits per heavy atom. The quantitative estimate of drug-likeness (QED) is 0.298.